The van der Waals surface area contributed by atoms with Crippen molar-refractivity contribution < 1.29 is 19.5 Å². The lowest BCUT2D eigenvalue weighted by Crippen LogP contribution is -2.37. The van der Waals surface area contributed by atoms with Gasteiger partial charge in [-0.3, -0.25) is 14.4 Å². The minimum atomic E-state index is -1.01. The minimum Gasteiger partial charge on any atom is -0.480 e. The molecule has 0 spiro atoms. The number of fused-ring (bicyclic) bond motifs is 1. The maximum absolute atomic E-state index is 12.4. The zero-order valence-corrected chi connectivity index (χ0v) is 10.8. The second-order valence-electron chi connectivity index (χ2n) is 5.15. The Kier molecular flexibility index (Phi) is 2.93. The third kappa shape index (κ3) is 2.36. The molecule has 1 aliphatic heterocycles. The molecule has 2 amide bonds. The smallest absolute Gasteiger partial charge is 0.323 e. The van der Waals surface area contributed by atoms with E-state index in [4.69, 9.17) is 5.11 Å². The van der Waals surface area contributed by atoms with Crippen molar-refractivity contribution in [3.8, 4) is 0 Å². The van der Waals surface area contributed by atoms with Crippen molar-refractivity contribution in [1.82, 2.24) is 4.90 Å². The Morgan fingerprint density at radius 1 is 1.35 bits per heavy atom. The molecule has 0 unspecified atom stereocenters. The van der Waals surface area contributed by atoms with Crippen LogP contribution in [0.25, 0.3) is 0 Å². The molecule has 6 nitrogen and oxygen atoms in total. The maximum Gasteiger partial charge on any atom is 0.323 e. The number of anilines is 1. The van der Waals surface area contributed by atoms with Crippen LogP contribution in [0, 0.1) is 0 Å². The summed E-state index contributed by atoms with van der Waals surface area (Å²) >= 11 is 0. The van der Waals surface area contributed by atoms with Crippen LogP contribution in [-0.4, -0.2) is 40.4 Å². The van der Waals surface area contributed by atoms with Crippen molar-refractivity contribution in [3.05, 3.63) is 29.3 Å². The van der Waals surface area contributed by atoms with E-state index >= 15 is 0 Å². The van der Waals surface area contributed by atoms with Gasteiger partial charge >= 0.3 is 5.97 Å². The van der Waals surface area contributed by atoms with E-state index in [0.29, 0.717) is 17.7 Å². The first-order valence-corrected chi connectivity index (χ1v) is 6.50. The van der Waals surface area contributed by atoms with Gasteiger partial charge in [-0.25, -0.2) is 0 Å². The van der Waals surface area contributed by atoms with Crippen molar-refractivity contribution >= 4 is 23.5 Å². The quantitative estimate of drug-likeness (QED) is 0.853. The lowest BCUT2D eigenvalue weighted by Gasteiger charge is -2.20. The molecule has 2 N–H and O–H groups in total. The van der Waals surface area contributed by atoms with Gasteiger partial charge < -0.3 is 15.3 Å². The summed E-state index contributed by atoms with van der Waals surface area (Å²) in [5.74, 6) is -1.40. The Labute approximate surface area is 115 Å². The van der Waals surface area contributed by atoms with E-state index in [-0.39, 0.29) is 24.4 Å². The Morgan fingerprint density at radius 2 is 2.10 bits per heavy atom. The lowest BCUT2D eigenvalue weighted by molar-refractivity contribution is -0.137. The summed E-state index contributed by atoms with van der Waals surface area (Å²) < 4.78 is 0. The molecule has 1 aromatic carbocycles. The molecule has 104 valence electrons. The maximum atomic E-state index is 12.4. The molecule has 0 saturated heterocycles. The summed E-state index contributed by atoms with van der Waals surface area (Å²) in [6.45, 7) is -0.285. The van der Waals surface area contributed by atoms with Crippen LogP contribution in [0.4, 0.5) is 5.69 Å². The molecule has 0 bridgehead atoms. The normalized spacial score (nSPS) is 16.5. The summed E-state index contributed by atoms with van der Waals surface area (Å²) in [7, 11) is 0. The fraction of sp³-hybridized carbons (Fsp3) is 0.357. The molecule has 1 aromatic rings. The molecule has 20 heavy (non-hydrogen) atoms. The molecule has 0 aromatic heterocycles. The number of carbonyl (C=O) groups is 3. The molecule has 6 heteroatoms. The first-order chi connectivity index (χ1) is 9.54. The van der Waals surface area contributed by atoms with E-state index < -0.39 is 5.97 Å². The highest BCUT2D eigenvalue weighted by atomic mass is 16.4. The van der Waals surface area contributed by atoms with Gasteiger partial charge in [-0.05, 0) is 30.5 Å². The molecular weight excluding hydrogens is 260 g/mol. The molecule has 1 heterocycles. The SMILES string of the molecule is O=C(O)CN(C(=O)c1ccc2c(c1)NC(=O)C2)C1CC1. The second-order valence-corrected chi connectivity index (χ2v) is 5.15. The van der Waals surface area contributed by atoms with Gasteiger partial charge in [0.2, 0.25) is 5.91 Å². The van der Waals surface area contributed by atoms with Gasteiger partial charge in [-0.2, -0.15) is 0 Å². The summed E-state index contributed by atoms with van der Waals surface area (Å²) in [5, 5.41) is 11.6. The standard InChI is InChI=1S/C14H14N2O4/c17-12-6-8-1-2-9(5-11(8)15-12)14(20)16(7-13(18)19)10-3-4-10/h1-2,5,10H,3-4,6-7H2,(H,15,17)(H,18,19). The number of carboxylic acid groups (broad SMARTS) is 1. The Hall–Kier alpha value is -2.37. The lowest BCUT2D eigenvalue weighted by atomic mass is 10.1. The van der Waals surface area contributed by atoms with Crippen LogP contribution in [0.15, 0.2) is 18.2 Å². The number of rotatable bonds is 4. The number of carboxylic acids is 1. The number of amides is 2. The fourth-order valence-corrected chi connectivity index (χ4v) is 2.41. The molecular formula is C14H14N2O4. The van der Waals surface area contributed by atoms with Crippen molar-refractivity contribution in [2.75, 3.05) is 11.9 Å². The van der Waals surface area contributed by atoms with Crippen molar-refractivity contribution in [2.24, 2.45) is 0 Å². The Bertz CT molecular complexity index is 607. The van der Waals surface area contributed by atoms with Crippen LogP contribution in [0.1, 0.15) is 28.8 Å². The van der Waals surface area contributed by atoms with Crippen LogP contribution >= 0.6 is 0 Å². The first kappa shape index (κ1) is 12.7. The van der Waals surface area contributed by atoms with Crippen molar-refractivity contribution in [3.63, 3.8) is 0 Å². The number of aliphatic carboxylic acids is 1. The number of nitrogens with zero attached hydrogens (tertiary/aromatic N) is 1. The first-order valence-electron chi connectivity index (χ1n) is 6.50. The average Bonchev–Trinajstić information content (AvgIpc) is 3.15. The van der Waals surface area contributed by atoms with Crippen LogP contribution in [-0.2, 0) is 16.0 Å². The van der Waals surface area contributed by atoms with Crippen LogP contribution in [0.2, 0.25) is 0 Å². The average molecular weight is 274 g/mol. The van der Waals surface area contributed by atoms with E-state index in [2.05, 4.69) is 5.32 Å². The van der Waals surface area contributed by atoms with Crippen molar-refractivity contribution in [1.29, 1.82) is 0 Å². The molecule has 1 fully saturated rings. The minimum absolute atomic E-state index is 0.0291. The second kappa shape index (κ2) is 4.63. The van der Waals surface area contributed by atoms with E-state index in [9.17, 15) is 14.4 Å². The van der Waals surface area contributed by atoms with Gasteiger partial charge in [0.25, 0.3) is 5.91 Å². The van der Waals surface area contributed by atoms with Gasteiger partial charge in [0.15, 0.2) is 0 Å². The van der Waals surface area contributed by atoms with Gasteiger partial charge in [-0.1, -0.05) is 6.07 Å². The van der Waals surface area contributed by atoms with Gasteiger partial charge in [0.05, 0.1) is 6.42 Å². The number of hydrogen-bond donors (Lipinski definition) is 2. The molecule has 0 radical (unpaired) electrons. The number of benzene rings is 1. The monoisotopic (exact) mass is 274 g/mol. The van der Waals surface area contributed by atoms with Gasteiger partial charge in [0.1, 0.15) is 6.54 Å². The summed E-state index contributed by atoms with van der Waals surface area (Å²) in [5.41, 5.74) is 1.92. The molecule has 1 aliphatic carbocycles. The number of nitrogens with one attached hydrogen (secondary N) is 1. The highest BCUT2D eigenvalue weighted by Gasteiger charge is 2.34. The number of hydrogen-bond acceptors (Lipinski definition) is 3. The Morgan fingerprint density at radius 3 is 2.75 bits per heavy atom. The Balaban J connectivity index is 1.84. The predicted octanol–water partition coefficient (Wildman–Crippen LogP) is 0.870. The molecule has 3 rings (SSSR count). The highest BCUT2D eigenvalue weighted by Crippen LogP contribution is 2.30. The third-order valence-corrected chi connectivity index (χ3v) is 3.54. The van der Waals surface area contributed by atoms with E-state index in [1.54, 1.807) is 18.2 Å². The fourth-order valence-electron chi connectivity index (χ4n) is 2.41. The summed E-state index contributed by atoms with van der Waals surface area (Å²) in [4.78, 5) is 35.9. The van der Waals surface area contributed by atoms with E-state index in [1.165, 1.54) is 4.90 Å². The molecule has 2 aliphatic rings. The topological polar surface area (TPSA) is 86.7 Å². The zero-order chi connectivity index (χ0) is 14.3. The highest BCUT2D eigenvalue weighted by molar-refractivity contribution is 6.02. The van der Waals surface area contributed by atoms with E-state index in [0.717, 1.165) is 18.4 Å². The van der Waals surface area contributed by atoms with Gasteiger partial charge in [-0.15, -0.1) is 0 Å². The summed E-state index contributed by atoms with van der Waals surface area (Å²) in [6.07, 6.45) is 2.02. The predicted molar refractivity (Wildman–Crippen MR) is 70.5 cm³/mol. The largest absolute Gasteiger partial charge is 0.480 e. The summed E-state index contributed by atoms with van der Waals surface area (Å²) in [6, 6.07) is 5.05. The third-order valence-electron chi connectivity index (χ3n) is 3.54. The van der Waals surface area contributed by atoms with Crippen LogP contribution in [0.5, 0.6) is 0 Å². The molecule has 1 saturated carbocycles. The van der Waals surface area contributed by atoms with Crippen molar-refractivity contribution in [2.45, 2.75) is 25.3 Å². The number of carbonyl (C=O) groups excluding carboxylic acids is 2. The van der Waals surface area contributed by atoms with Crippen LogP contribution < -0.4 is 5.32 Å². The zero-order valence-electron chi connectivity index (χ0n) is 10.8. The molecule has 0 atom stereocenters. The van der Waals surface area contributed by atoms with E-state index in [1.807, 2.05) is 0 Å². The van der Waals surface area contributed by atoms with Crippen LogP contribution in [0.3, 0.4) is 0 Å². The van der Waals surface area contributed by atoms with Gasteiger partial charge in [0, 0.05) is 17.3 Å².